The highest BCUT2D eigenvalue weighted by molar-refractivity contribution is 5.76. The third-order valence-corrected chi connectivity index (χ3v) is 2.44. The van der Waals surface area contributed by atoms with E-state index in [1.165, 1.54) is 0 Å². The van der Waals surface area contributed by atoms with E-state index in [1.54, 1.807) is 6.07 Å². The molecular weight excluding hydrogens is 244 g/mol. The summed E-state index contributed by atoms with van der Waals surface area (Å²) in [6.07, 6.45) is 0.403. The van der Waals surface area contributed by atoms with Crippen LogP contribution in [0.2, 0.25) is 0 Å². The zero-order valence-electron chi connectivity index (χ0n) is 11.7. The summed E-state index contributed by atoms with van der Waals surface area (Å²) in [5.74, 6) is 7.52. The summed E-state index contributed by atoms with van der Waals surface area (Å²) < 4.78 is 0. The lowest BCUT2D eigenvalue weighted by molar-refractivity contribution is -0.120. The van der Waals surface area contributed by atoms with Gasteiger partial charge >= 0.3 is 0 Å². The van der Waals surface area contributed by atoms with Crippen molar-refractivity contribution in [1.29, 1.82) is 0 Å². The van der Waals surface area contributed by atoms with Crippen molar-refractivity contribution in [3.63, 3.8) is 0 Å². The number of aromatic nitrogens is 2. The Morgan fingerprint density at radius 2 is 2.05 bits per heavy atom. The standard InChI is InChI=1S/C12H22N6O/c1-4-14-11(19)5-6-15-9-7-10(18-13)17-12(16-9)8(2)3/h7-8H,4-6,13H2,1-3H3,(H,14,19)(H2,15,16,17,18). The summed E-state index contributed by atoms with van der Waals surface area (Å²) >= 11 is 0. The van der Waals surface area contributed by atoms with Crippen LogP contribution in [0.4, 0.5) is 11.6 Å². The molecule has 0 fully saturated rings. The van der Waals surface area contributed by atoms with Crippen molar-refractivity contribution < 1.29 is 4.79 Å². The van der Waals surface area contributed by atoms with Gasteiger partial charge in [-0.1, -0.05) is 13.8 Å². The van der Waals surface area contributed by atoms with Crippen molar-refractivity contribution in [1.82, 2.24) is 15.3 Å². The van der Waals surface area contributed by atoms with E-state index < -0.39 is 0 Å². The minimum absolute atomic E-state index is 0.0188. The first-order valence-corrected chi connectivity index (χ1v) is 6.43. The van der Waals surface area contributed by atoms with Crippen LogP contribution < -0.4 is 21.9 Å². The molecule has 0 atom stereocenters. The smallest absolute Gasteiger partial charge is 0.221 e. The predicted molar refractivity (Wildman–Crippen MR) is 75.7 cm³/mol. The van der Waals surface area contributed by atoms with E-state index in [0.717, 1.165) is 0 Å². The van der Waals surface area contributed by atoms with Crippen LogP contribution >= 0.6 is 0 Å². The van der Waals surface area contributed by atoms with E-state index in [2.05, 4.69) is 26.0 Å². The molecule has 1 rings (SSSR count). The number of nitrogen functional groups attached to an aromatic ring is 1. The molecule has 0 bridgehead atoms. The van der Waals surface area contributed by atoms with Gasteiger partial charge < -0.3 is 16.1 Å². The van der Waals surface area contributed by atoms with Crippen LogP contribution in [0.3, 0.4) is 0 Å². The van der Waals surface area contributed by atoms with Crippen molar-refractivity contribution in [2.75, 3.05) is 23.8 Å². The fraction of sp³-hybridized carbons (Fsp3) is 0.583. The maximum absolute atomic E-state index is 11.3. The minimum Gasteiger partial charge on any atom is -0.369 e. The SMILES string of the molecule is CCNC(=O)CCNc1cc(NN)nc(C(C)C)n1. The highest BCUT2D eigenvalue weighted by Crippen LogP contribution is 2.16. The molecular formula is C12H22N6O. The van der Waals surface area contributed by atoms with Crippen molar-refractivity contribution in [3.05, 3.63) is 11.9 Å². The van der Waals surface area contributed by atoms with E-state index in [9.17, 15) is 4.79 Å². The van der Waals surface area contributed by atoms with E-state index in [1.807, 2.05) is 20.8 Å². The summed E-state index contributed by atoms with van der Waals surface area (Å²) in [5, 5.41) is 5.84. The monoisotopic (exact) mass is 266 g/mol. The summed E-state index contributed by atoms with van der Waals surface area (Å²) in [6, 6.07) is 1.71. The first kappa shape index (κ1) is 15.2. The molecule has 0 saturated carbocycles. The van der Waals surface area contributed by atoms with Crippen molar-refractivity contribution in [2.24, 2.45) is 5.84 Å². The molecule has 0 spiro atoms. The van der Waals surface area contributed by atoms with E-state index in [4.69, 9.17) is 5.84 Å². The van der Waals surface area contributed by atoms with E-state index in [-0.39, 0.29) is 11.8 Å². The van der Waals surface area contributed by atoms with Crippen LogP contribution in [0.5, 0.6) is 0 Å². The van der Waals surface area contributed by atoms with Gasteiger partial charge in [0.15, 0.2) is 0 Å². The molecule has 1 aromatic heterocycles. The van der Waals surface area contributed by atoms with E-state index >= 15 is 0 Å². The Hall–Kier alpha value is -1.89. The molecule has 0 saturated heterocycles. The Morgan fingerprint density at radius 3 is 2.63 bits per heavy atom. The second-order valence-corrected chi connectivity index (χ2v) is 4.43. The lowest BCUT2D eigenvalue weighted by Gasteiger charge is -2.11. The summed E-state index contributed by atoms with van der Waals surface area (Å²) in [5.41, 5.74) is 2.51. The second kappa shape index (κ2) is 7.52. The topological polar surface area (TPSA) is 105 Å². The Labute approximate surface area is 113 Å². The zero-order valence-corrected chi connectivity index (χ0v) is 11.7. The molecule has 1 heterocycles. The molecule has 106 valence electrons. The number of hydrogen-bond acceptors (Lipinski definition) is 6. The predicted octanol–water partition coefficient (Wildman–Crippen LogP) is 0.824. The van der Waals surface area contributed by atoms with Gasteiger partial charge in [0.05, 0.1) is 0 Å². The molecule has 0 aliphatic carbocycles. The maximum Gasteiger partial charge on any atom is 0.221 e. The molecule has 5 N–H and O–H groups in total. The summed E-state index contributed by atoms with van der Waals surface area (Å²) in [6.45, 7) is 7.07. The van der Waals surface area contributed by atoms with Crippen LogP contribution in [-0.2, 0) is 4.79 Å². The third-order valence-electron chi connectivity index (χ3n) is 2.44. The number of nitrogens with zero attached hydrogens (tertiary/aromatic N) is 2. The molecule has 0 aliphatic heterocycles. The van der Waals surface area contributed by atoms with E-state index in [0.29, 0.717) is 37.0 Å². The first-order chi connectivity index (χ1) is 9.06. The second-order valence-electron chi connectivity index (χ2n) is 4.43. The Morgan fingerprint density at radius 1 is 1.37 bits per heavy atom. The fourth-order valence-electron chi connectivity index (χ4n) is 1.48. The van der Waals surface area contributed by atoms with Crippen LogP contribution in [-0.4, -0.2) is 29.0 Å². The molecule has 0 radical (unpaired) electrons. The Bertz CT molecular complexity index is 421. The lowest BCUT2D eigenvalue weighted by atomic mass is 10.2. The van der Waals surface area contributed by atoms with Gasteiger partial charge in [-0.2, -0.15) is 0 Å². The average Bonchev–Trinajstić information content (AvgIpc) is 2.38. The lowest BCUT2D eigenvalue weighted by Crippen LogP contribution is -2.25. The number of nitrogens with two attached hydrogens (primary N) is 1. The van der Waals surface area contributed by atoms with Crippen molar-refractivity contribution in [3.8, 4) is 0 Å². The van der Waals surface area contributed by atoms with Gasteiger partial charge in [0.1, 0.15) is 17.5 Å². The number of amides is 1. The normalized spacial score (nSPS) is 10.4. The molecule has 1 aromatic rings. The average molecular weight is 266 g/mol. The molecule has 0 aliphatic rings. The highest BCUT2D eigenvalue weighted by atomic mass is 16.1. The van der Waals surface area contributed by atoms with Gasteiger partial charge in [0.25, 0.3) is 0 Å². The van der Waals surface area contributed by atoms with Gasteiger partial charge in [0.2, 0.25) is 5.91 Å². The van der Waals surface area contributed by atoms with Crippen LogP contribution in [0.25, 0.3) is 0 Å². The largest absolute Gasteiger partial charge is 0.369 e. The third kappa shape index (κ3) is 5.09. The van der Waals surface area contributed by atoms with Crippen molar-refractivity contribution >= 4 is 17.5 Å². The van der Waals surface area contributed by atoms with Gasteiger partial charge in [-0.25, -0.2) is 15.8 Å². The molecule has 0 unspecified atom stereocenters. The van der Waals surface area contributed by atoms with Gasteiger partial charge in [-0.15, -0.1) is 0 Å². The number of rotatable bonds is 7. The van der Waals surface area contributed by atoms with Gasteiger partial charge in [-0.05, 0) is 6.92 Å². The van der Waals surface area contributed by atoms with Crippen molar-refractivity contribution in [2.45, 2.75) is 33.1 Å². The summed E-state index contributed by atoms with van der Waals surface area (Å²) in [7, 11) is 0. The highest BCUT2D eigenvalue weighted by Gasteiger charge is 2.07. The number of carbonyl (C=O) groups is 1. The number of nitrogens with one attached hydrogen (secondary N) is 3. The first-order valence-electron chi connectivity index (χ1n) is 6.43. The maximum atomic E-state index is 11.3. The number of anilines is 2. The molecule has 0 aromatic carbocycles. The van der Waals surface area contributed by atoms with Crippen LogP contribution in [0, 0.1) is 0 Å². The van der Waals surface area contributed by atoms with Gasteiger partial charge in [-0.3, -0.25) is 4.79 Å². The number of hydrogen-bond donors (Lipinski definition) is 4. The Kier molecular flexibility index (Phi) is 6.01. The van der Waals surface area contributed by atoms with Gasteiger partial charge in [0, 0.05) is 31.5 Å². The minimum atomic E-state index is 0.0188. The fourth-order valence-corrected chi connectivity index (χ4v) is 1.48. The molecule has 19 heavy (non-hydrogen) atoms. The Balaban J connectivity index is 2.62. The quantitative estimate of drug-likeness (QED) is 0.430. The number of carbonyl (C=O) groups excluding carboxylic acids is 1. The number of hydrazine groups is 1. The zero-order chi connectivity index (χ0) is 14.3. The van der Waals surface area contributed by atoms with Crippen LogP contribution in [0.15, 0.2) is 6.07 Å². The molecule has 7 nitrogen and oxygen atoms in total. The molecule has 7 heteroatoms. The van der Waals surface area contributed by atoms with Crippen LogP contribution in [0.1, 0.15) is 38.9 Å². The summed E-state index contributed by atoms with van der Waals surface area (Å²) in [4.78, 5) is 19.9. The molecule has 1 amide bonds.